The quantitative estimate of drug-likeness (QED) is 0.460. The summed E-state index contributed by atoms with van der Waals surface area (Å²) in [5.74, 6) is -0.493. The highest BCUT2D eigenvalue weighted by atomic mass is 32.2. The lowest BCUT2D eigenvalue weighted by atomic mass is 10.1. The number of nitriles is 1. The van der Waals surface area contributed by atoms with Gasteiger partial charge in [0.05, 0.1) is 17.5 Å². The zero-order chi connectivity index (χ0) is 24.1. The lowest BCUT2D eigenvalue weighted by Gasteiger charge is -2.17. The third-order valence-corrected chi connectivity index (χ3v) is 7.02. The Morgan fingerprint density at radius 3 is 2.44 bits per heavy atom. The first kappa shape index (κ1) is 25.3. The molecule has 0 aliphatic rings. The summed E-state index contributed by atoms with van der Waals surface area (Å²) in [5.41, 5.74) is 3.49. The maximum atomic E-state index is 12.6. The van der Waals surface area contributed by atoms with Gasteiger partial charge in [0.2, 0.25) is 10.0 Å². The highest BCUT2D eigenvalue weighted by molar-refractivity contribution is 7.89. The van der Waals surface area contributed by atoms with E-state index in [1.54, 1.807) is 25.3 Å². The summed E-state index contributed by atoms with van der Waals surface area (Å²) in [6.45, 7) is 6.69. The third kappa shape index (κ3) is 5.65. The molecule has 1 atom stereocenters. The van der Waals surface area contributed by atoms with Crippen molar-refractivity contribution in [3.8, 4) is 6.07 Å². The molecular weight excluding hydrogens is 428 g/mol. The molecule has 0 spiro atoms. The molecule has 0 aliphatic heterocycles. The second-order valence-corrected chi connectivity index (χ2v) is 9.94. The molecule has 1 heterocycles. The number of nitrogens with one attached hydrogen (secondary N) is 1. The smallest absolute Gasteiger partial charge is 0.262 e. The van der Waals surface area contributed by atoms with Gasteiger partial charge in [-0.1, -0.05) is 12.1 Å². The van der Waals surface area contributed by atoms with E-state index in [9.17, 15) is 18.5 Å². The molecule has 1 unspecified atom stereocenters. The Labute approximate surface area is 190 Å². The standard InChI is InChI=1S/C23H30N4O4S/c1-16-11-20(18(3)27(16)17(2)15-31-6)12-21(13-24)23(28)25-14-19-7-9-22(10-8-19)32(29,30)26(4)5/h7-12,17H,14-15H2,1-6H3,(H,25,28)/b21-12-. The number of carbonyl (C=O) groups is 1. The van der Waals surface area contributed by atoms with Crippen LogP contribution in [0.15, 0.2) is 40.8 Å². The molecule has 9 heteroatoms. The third-order valence-electron chi connectivity index (χ3n) is 5.19. The Hall–Kier alpha value is -2.93. The minimum Gasteiger partial charge on any atom is -0.383 e. The Morgan fingerprint density at radius 2 is 1.91 bits per heavy atom. The summed E-state index contributed by atoms with van der Waals surface area (Å²) in [4.78, 5) is 12.7. The molecule has 1 N–H and O–H groups in total. The average molecular weight is 459 g/mol. The van der Waals surface area contributed by atoms with E-state index >= 15 is 0 Å². The minimum absolute atomic E-state index is 0.00329. The highest BCUT2D eigenvalue weighted by Gasteiger charge is 2.18. The monoisotopic (exact) mass is 458 g/mol. The van der Waals surface area contributed by atoms with E-state index < -0.39 is 15.9 Å². The van der Waals surface area contributed by atoms with Crippen molar-refractivity contribution in [1.82, 2.24) is 14.2 Å². The number of aromatic nitrogens is 1. The van der Waals surface area contributed by atoms with Gasteiger partial charge >= 0.3 is 0 Å². The predicted molar refractivity (Wildman–Crippen MR) is 123 cm³/mol. The summed E-state index contributed by atoms with van der Waals surface area (Å²) >= 11 is 0. The van der Waals surface area contributed by atoms with Gasteiger partial charge in [-0.05, 0) is 56.2 Å². The van der Waals surface area contributed by atoms with Crippen molar-refractivity contribution in [2.45, 2.75) is 38.3 Å². The fourth-order valence-electron chi connectivity index (χ4n) is 3.51. The van der Waals surface area contributed by atoms with Gasteiger partial charge in [-0.2, -0.15) is 5.26 Å². The number of methoxy groups -OCH3 is 1. The number of benzene rings is 1. The Morgan fingerprint density at radius 1 is 1.28 bits per heavy atom. The summed E-state index contributed by atoms with van der Waals surface area (Å²) in [5, 5.41) is 12.2. The number of aryl methyl sites for hydroxylation is 1. The zero-order valence-electron chi connectivity index (χ0n) is 19.3. The van der Waals surface area contributed by atoms with E-state index in [4.69, 9.17) is 4.74 Å². The largest absolute Gasteiger partial charge is 0.383 e. The summed E-state index contributed by atoms with van der Waals surface area (Å²) in [6, 6.07) is 10.3. The van der Waals surface area contributed by atoms with E-state index in [1.165, 1.54) is 26.2 Å². The zero-order valence-corrected chi connectivity index (χ0v) is 20.2. The Balaban J connectivity index is 2.15. The lowest BCUT2D eigenvalue weighted by Crippen LogP contribution is -2.24. The molecule has 8 nitrogen and oxygen atoms in total. The maximum Gasteiger partial charge on any atom is 0.262 e. The molecule has 0 radical (unpaired) electrons. The van der Waals surface area contributed by atoms with Crippen LogP contribution in [-0.2, 0) is 26.1 Å². The van der Waals surface area contributed by atoms with Crippen LogP contribution < -0.4 is 5.32 Å². The number of ether oxygens (including phenoxy) is 1. The van der Waals surface area contributed by atoms with Crippen LogP contribution in [0.25, 0.3) is 6.08 Å². The number of amides is 1. The molecule has 2 rings (SSSR count). The first-order valence-electron chi connectivity index (χ1n) is 10.1. The van der Waals surface area contributed by atoms with Crippen LogP contribution in [0.2, 0.25) is 0 Å². The van der Waals surface area contributed by atoms with E-state index in [0.717, 1.165) is 26.8 Å². The molecule has 0 bridgehead atoms. The van der Waals surface area contributed by atoms with Gasteiger partial charge in [-0.15, -0.1) is 0 Å². The number of hydrogen-bond donors (Lipinski definition) is 1. The average Bonchev–Trinajstić information content (AvgIpc) is 3.03. The normalized spacial score (nSPS) is 13.1. The second-order valence-electron chi connectivity index (χ2n) is 7.78. The molecule has 172 valence electrons. The van der Waals surface area contributed by atoms with Gasteiger partial charge < -0.3 is 14.6 Å². The van der Waals surface area contributed by atoms with Crippen LogP contribution in [0.1, 0.15) is 35.5 Å². The summed E-state index contributed by atoms with van der Waals surface area (Å²) in [7, 11) is 1.08. The SMILES string of the molecule is COCC(C)n1c(C)cc(/C=C(/C#N)C(=O)NCc2ccc(S(=O)(=O)N(C)C)cc2)c1C. The van der Waals surface area contributed by atoms with Crippen molar-refractivity contribution >= 4 is 22.0 Å². The van der Waals surface area contributed by atoms with E-state index in [1.807, 2.05) is 32.9 Å². The first-order valence-corrected chi connectivity index (χ1v) is 11.6. The molecule has 1 aromatic carbocycles. The van der Waals surface area contributed by atoms with Crippen molar-refractivity contribution < 1.29 is 17.9 Å². The second kappa shape index (κ2) is 10.6. The van der Waals surface area contributed by atoms with Crippen LogP contribution in [0.4, 0.5) is 0 Å². The molecule has 1 aromatic heterocycles. The number of carbonyl (C=O) groups excluding carboxylic acids is 1. The van der Waals surface area contributed by atoms with Crippen molar-refractivity contribution in [3.63, 3.8) is 0 Å². The van der Waals surface area contributed by atoms with Crippen molar-refractivity contribution in [1.29, 1.82) is 5.26 Å². The van der Waals surface area contributed by atoms with Crippen LogP contribution in [-0.4, -0.2) is 51.0 Å². The number of hydrogen-bond acceptors (Lipinski definition) is 5. The molecule has 0 aliphatic carbocycles. The number of rotatable bonds is 9. The number of nitrogens with zero attached hydrogens (tertiary/aromatic N) is 3. The molecular formula is C23H30N4O4S. The van der Waals surface area contributed by atoms with Crippen LogP contribution >= 0.6 is 0 Å². The summed E-state index contributed by atoms with van der Waals surface area (Å²) in [6.07, 6.45) is 1.58. The number of sulfonamides is 1. The molecule has 0 fully saturated rings. The van der Waals surface area contributed by atoms with E-state index in [0.29, 0.717) is 6.61 Å². The van der Waals surface area contributed by atoms with Gasteiger partial charge in [-0.3, -0.25) is 4.79 Å². The molecule has 32 heavy (non-hydrogen) atoms. The molecule has 2 aromatic rings. The van der Waals surface area contributed by atoms with Crippen molar-refractivity contribution in [2.24, 2.45) is 0 Å². The minimum atomic E-state index is -3.51. The van der Waals surface area contributed by atoms with Gasteiger partial charge in [0, 0.05) is 39.1 Å². The van der Waals surface area contributed by atoms with Crippen LogP contribution in [0, 0.1) is 25.2 Å². The molecule has 0 saturated carbocycles. The van der Waals surface area contributed by atoms with Gasteiger partial charge in [0.25, 0.3) is 5.91 Å². The summed E-state index contributed by atoms with van der Waals surface area (Å²) < 4.78 is 32.8. The predicted octanol–water partition coefficient (Wildman–Crippen LogP) is 2.79. The fraction of sp³-hybridized carbons (Fsp3) is 0.391. The Kier molecular flexibility index (Phi) is 8.38. The molecule has 1 amide bonds. The van der Waals surface area contributed by atoms with Crippen molar-refractivity contribution in [3.05, 3.63) is 58.4 Å². The maximum absolute atomic E-state index is 12.6. The Bertz CT molecular complexity index is 1140. The van der Waals surface area contributed by atoms with Crippen LogP contribution in [0.3, 0.4) is 0 Å². The van der Waals surface area contributed by atoms with E-state index in [2.05, 4.69) is 9.88 Å². The fourth-order valence-corrected chi connectivity index (χ4v) is 4.42. The van der Waals surface area contributed by atoms with Gasteiger partial charge in [0.1, 0.15) is 11.6 Å². The highest BCUT2D eigenvalue weighted by Crippen LogP contribution is 2.23. The topological polar surface area (TPSA) is 104 Å². The van der Waals surface area contributed by atoms with Crippen molar-refractivity contribution in [2.75, 3.05) is 27.8 Å². The van der Waals surface area contributed by atoms with Gasteiger partial charge in [0.15, 0.2) is 0 Å². The van der Waals surface area contributed by atoms with E-state index in [-0.39, 0.29) is 23.1 Å². The van der Waals surface area contributed by atoms with Gasteiger partial charge in [-0.25, -0.2) is 12.7 Å². The van der Waals surface area contributed by atoms with Crippen LogP contribution in [0.5, 0.6) is 0 Å². The molecule has 0 saturated heterocycles. The lowest BCUT2D eigenvalue weighted by molar-refractivity contribution is -0.117. The first-order chi connectivity index (χ1) is 15.0.